The molecule has 1 aromatic rings. The van der Waals surface area contributed by atoms with Crippen LogP contribution in [0.4, 0.5) is 18.0 Å². The van der Waals surface area contributed by atoms with Gasteiger partial charge in [-0.25, -0.2) is 4.79 Å². The fraction of sp³-hybridized carbons (Fsp3) is 0.357. The number of benzene rings is 1. The maximum atomic E-state index is 12.2. The van der Waals surface area contributed by atoms with Gasteiger partial charge in [-0.15, -0.1) is 6.58 Å². The molecule has 0 aliphatic heterocycles. The molecular formula is C14H16F3NO2. The minimum Gasteiger partial charge on any atom is -0.445 e. The van der Waals surface area contributed by atoms with Crippen LogP contribution in [0.25, 0.3) is 0 Å². The lowest BCUT2D eigenvalue weighted by Gasteiger charge is -2.21. The van der Waals surface area contributed by atoms with Crippen LogP contribution in [0.1, 0.15) is 12.0 Å². The Hall–Kier alpha value is -1.98. The van der Waals surface area contributed by atoms with Gasteiger partial charge in [0.15, 0.2) is 0 Å². The molecule has 0 fully saturated rings. The number of ether oxygens (including phenoxy) is 1. The van der Waals surface area contributed by atoms with Gasteiger partial charge in [0.2, 0.25) is 0 Å². The van der Waals surface area contributed by atoms with Gasteiger partial charge in [0.1, 0.15) is 6.61 Å². The van der Waals surface area contributed by atoms with Crippen LogP contribution in [0, 0.1) is 0 Å². The first-order valence-corrected chi connectivity index (χ1v) is 6.05. The average molecular weight is 287 g/mol. The zero-order valence-electron chi connectivity index (χ0n) is 10.9. The molecule has 20 heavy (non-hydrogen) atoms. The largest absolute Gasteiger partial charge is 0.445 e. The maximum Gasteiger partial charge on any atom is 0.410 e. The fourth-order valence-corrected chi connectivity index (χ4v) is 1.49. The second kappa shape index (κ2) is 7.57. The van der Waals surface area contributed by atoms with Crippen molar-refractivity contribution in [2.45, 2.75) is 19.2 Å². The predicted molar refractivity (Wildman–Crippen MR) is 69.1 cm³/mol. The lowest BCUT2D eigenvalue weighted by atomic mass is 10.2. The van der Waals surface area contributed by atoms with Gasteiger partial charge in [0, 0.05) is 13.1 Å². The van der Waals surface area contributed by atoms with Gasteiger partial charge in [0.25, 0.3) is 0 Å². The standard InChI is InChI=1S/C14H16F3NO2/c1-2-9-18(10-8-14(15,16)17)13(19)20-11-12-6-4-3-5-7-12/h2-7H,1,8-11H2. The fourth-order valence-electron chi connectivity index (χ4n) is 1.49. The molecule has 1 aromatic carbocycles. The van der Waals surface area contributed by atoms with Crippen LogP contribution in [0.5, 0.6) is 0 Å². The van der Waals surface area contributed by atoms with E-state index in [2.05, 4.69) is 6.58 Å². The van der Waals surface area contributed by atoms with E-state index >= 15 is 0 Å². The number of rotatable bonds is 6. The van der Waals surface area contributed by atoms with Gasteiger partial charge in [-0.05, 0) is 5.56 Å². The summed E-state index contributed by atoms with van der Waals surface area (Å²) in [5.74, 6) is 0. The van der Waals surface area contributed by atoms with Crippen molar-refractivity contribution in [3.05, 3.63) is 48.6 Å². The van der Waals surface area contributed by atoms with E-state index in [9.17, 15) is 18.0 Å². The van der Waals surface area contributed by atoms with Crippen molar-refractivity contribution in [2.24, 2.45) is 0 Å². The molecule has 0 unspecified atom stereocenters. The van der Waals surface area contributed by atoms with Gasteiger partial charge in [-0.3, -0.25) is 0 Å². The number of carbonyl (C=O) groups excluding carboxylic acids is 1. The van der Waals surface area contributed by atoms with E-state index in [1.54, 1.807) is 24.3 Å². The Balaban J connectivity index is 2.49. The van der Waals surface area contributed by atoms with E-state index in [4.69, 9.17) is 4.74 Å². The molecule has 0 aliphatic carbocycles. The van der Waals surface area contributed by atoms with Gasteiger partial charge < -0.3 is 9.64 Å². The van der Waals surface area contributed by atoms with Crippen molar-refractivity contribution in [1.29, 1.82) is 0 Å². The molecule has 0 saturated carbocycles. The first-order chi connectivity index (χ1) is 9.42. The smallest absolute Gasteiger partial charge is 0.410 e. The van der Waals surface area contributed by atoms with Gasteiger partial charge in [0.05, 0.1) is 6.42 Å². The highest BCUT2D eigenvalue weighted by molar-refractivity contribution is 5.67. The molecule has 0 spiro atoms. The highest BCUT2D eigenvalue weighted by Crippen LogP contribution is 2.20. The molecule has 110 valence electrons. The molecule has 0 N–H and O–H groups in total. The van der Waals surface area contributed by atoms with E-state index in [0.29, 0.717) is 0 Å². The van der Waals surface area contributed by atoms with Crippen LogP contribution in [0.15, 0.2) is 43.0 Å². The monoisotopic (exact) mass is 287 g/mol. The molecule has 1 rings (SSSR count). The summed E-state index contributed by atoms with van der Waals surface area (Å²) in [6.45, 7) is 3.02. The van der Waals surface area contributed by atoms with Crippen LogP contribution >= 0.6 is 0 Å². The van der Waals surface area contributed by atoms with E-state index < -0.39 is 25.2 Å². The zero-order chi connectivity index (χ0) is 15.0. The number of amides is 1. The highest BCUT2D eigenvalue weighted by atomic mass is 19.4. The molecule has 6 heteroatoms. The molecule has 3 nitrogen and oxygen atoms in total. The van der Waals surface area contributed by atoms with E-state index in [0.717, 1.165) is 10.5 Å². The molecule has 0 saturated heterocycles. The third kappa shape index (κ3) is 6.26. The lowest BCUT2D eigenvalue weighted by Crippen LogP contribution is -2.34. The van der Waals surface area contributed by atoms with Crippen LogP contribution in [0.3, 0.4) is 0 Å². The Morgan fingerprint density at radius 2 is 1.95 bits per heavy atom. The first kappa shape index (κ1) is 16.1. The number of hydrogen-bond acceptors (Lipinski definition) is 2. The van der Waals surface area contributed by atoms with Crippen molar-refractivity contribution >= 4 is 6.09 Å². The van der Waals surface area contributed by atoms with Crippen molar-refractivity contribution in [2.75, 3.05) is 13.1 Å². The summed E-state index contributed by atoms with van der Waals surface area (Å²) in [6.07, 6.45) is -4.79. The topological polar surface area (TPSA) is 29.5 Å². The number of alkyl halides is 3. The molecule has 0 radical (unpaired) electrons. The Kier molecular flexibility index (Phi) is 6.09. The summed E-state index contributed by atoms with van der Waals surface area (Å²) in [5.41, 5.74) is 0.773. The predicted octanol–water partition coefficient (Wildman–Crippen LogP) is 3.76. The van der Waals surface area contributed by atoms with E-state index in [1.807, 2.05) is 6.07 Å². The molecule has 0 heterocycles. The second-order valence-electron chi connectivity index (χ2n) is 4.14. The van der Waals surface area contributed by atoms with E-state index in [1.165, 1.54) is 6.08 Å². The van der Waals surface area contributed by atoms with Crippen LogP contribution in [-0.2, 0) is 11.3 Å². The summed E-state index contributed by atoms with van der Waals surface area (Å²) in [5, 5.41) is 0. The zero-order valence-corrected chi connectivity index (χ0v) is 10.9. The Morgan fingerprint density at radius 3 is 2.50 bits per heavy atom. The molecule has 0 aliphatic rings. The van der Waals surface area contributed by atoms with Gasteiger partial charge >= 0.3 is 12.3 Å². The molecule has 0 aromatic heterocycles. The number of hydrogen-bond donors (Lipinski definition) is 0. The van der Waals surface area contributed by atoms with Crippen molar-refractivity contribution in [3.8, 4) is 0 Å². The van der Waals surface area contributed by atoms with Gasteiger partial charge in [-0.2, -0.15) is 13.2 Å². The summed E-state index contributed by atoms with van der Waals surface area (Å²) < 4.78 is 41.5. The second-order valence-corrected chi connectivity index (χ2v) is 4.14. The Labute approximate surface area is 115 Å². The molecule has 1 amide bonds. The third-order valence-electron chi connectivity index (χ3n) is 2.48. The minimum atomic E-state index is -4.31. The molecule has 0 bridgehead atoms. The van der Waals surface area contributed by atoms with Crippen LogP contribution in [0.2, 0.25) is 0 Å². The quantitative estimate of drug-likeness (QED) is 0.745. The van der Waals surface area contributed by atoms with Crippen LogP contribution < -0.4 is 0 Å². The minimum absolute atomic E-state index is 0.0176. The number of nitrogens with zero attached hydrogens (tertiary/aromatic N) is 1. The number of halogens is 3. The Morgan fingerprint density at radius 1 is 1.30 bits per heavy atom. The third-order valence-corrected chi connectivity index (χ3v) is 2.48. The molecular weight excluding hydrogens is 271 g/mol. The Bertz CT molecular complexity index is 432. The summed E-state index contributed by atoms with van der Waals surface area (Å²) in [7, 11) is 0. The number of carbonyl (C=O) groups is 1. The first-order valence-electron chi connectivity index (χ1n) is 6.05. The van der Waals surface area contributed by atoms with Crippen molar-refractivity contribution in [3.63, 3.8) is 0 Å². The van der Waals surface area contributed by atoms with Crippen LogP contribution in [-0.4, -0.2) is 30.3 Å². The SMILES string of the molecule is C=CCN(CCC(F)(F)F)C(=O)OCc1ccccc1. The van der Waals surface area contributed by atoms with Crippen molar-refractivity contribution in [1.82, 2.24) is 4.90 Å². The molecule has 0 atom stereocenters. The summed E-state index contributed by atoms with van der Waals surface area (Å²) in [6, 6.07) is 8.92. The van der Waals surface area contributed by atoms with E-state index in [-0.39, 0.29) is 13.2 Å². The highest BCUT2D eigenvalue weighted by Gasteiger charge is 2.29. The lowest BCUT2D eigenvalue weighted by molar-refractivity contribution is -0.136. The van der Waals surface area contributed by atoms with Gasteiger partial charge in [-0.1, -0.05) is 36.4 Å². The maximum absolute atomic E-state index is 12.2. The summed E-state index contributed by atoms with van der Waals surface area (Å²) in [4.78, 5) is 12.7. The average Bonchev–Trinajstić information content (AvgIpc) is 2.41. The normalized spacial score (nSPS) is 10.9. The summed E-state index contributed by atoms with van der Waals surface area (Å²) >= 11 is 0. The van der Waals surface area contributed by atoms with Crippen molar-refractivity contribution < 1.29 is 22.7 Å².